The molecule has 0 fully saturated rings. The molecule has 0 aliphatic heterocycles. The summed E-state index contributed by atoms with van der Waals surface area (Å²) in [6.07, 6.45) is 0. The standard InChI is InChI=1S/C42H31B2NO8/c46-42(47)34-10-4-3-9-33(34)39-35-17-13-25-21-29(45-23-27-7-1-5-11-37(27)43(48)49)15-19-31(25)40(35)53-41-32-20-16-30(22-26(32)14-18-36(39)41)52-24-28-8-2-6-12-38(28)44(50)51/h1-22,48-51H,23-24H2,(H,46,47)/p+1. The first-order valence-corrected chi connectivity index (χ1v) is 17.0. The van der Waals surface area contributed by atoms with E-state index in [1.807, 2.05) is 91.0 Å². The van der Waals surface area contributed by atoms with Crippen LogP contribution in [-0.4, -0.2) is 45.4 Å². The third kappa shape index (κ3) is 6.43. The van der Waals surface area contributed by atoms with Crippen LogP contribution in [-0.2, 0) is 13.2 Å². The van der Waals surface area contributed by atoms with Gasteiger partial charge in [0.05, 0.1) is 5.56 Å². The zero-order valence-electron chi connectivity index (χ0n) is 28.2. The normalized spacial score (nSPS) is 11.8. The van der Waals surface area contributed by atoms with Gasteiger partial charge in [0.2, 0.25) is 0 Å². The largest absolute Gasteiger partial charge is 0.489 e. The van der Waals surface area contributed by atoms with E-state index in [0.29, 0.717) is 45.5 Å². The van der Waals surface area contributed by atoms with Gasteiger partial charge >= 0.3 is 20.2 Å². The van der Waals surface area contributed by atoms with Gasteiger partial charge in [-0.2, -0.15) is 0 Å². The van der Waals surface area contributed by atoms with E-state index in [1.54, 1.807) is 42.5 Å². The molecule has 0 aliphatic carbocycles. The second-order valence-electron chi connectivity index (χ2n) is 12.8. The van der Waals surface area contributed by atoms with E-state index in [1.165, 1.54) is 0 Å². The number of carboxylic acids is 1. The van der Waals surface area contributed by atoms with Crippen LogP contribution in [0.15, 0.2) is 138 Å². The lowest BCUT2D eigenvalue weighted by Crippen LogP contribution is -2.75. The monoisotopic (exact) mass is 700 g/mol. The van der Waals surface area contributed by atoms with Gasteiger partial charge in [-0.15, -0.1) is 0 Å². The van der Waals surface area contributed by atoms with E-state index in [2.05, 4.69) is 4.99 Å². The minimum Gasteiger partial charge on any atom is -0.489 e. The summed E-state index contributed by atoms with van der Waals surface area (Å²) < 4.78 is 12.9. The molecule has 258 valence electrons. The first-order valence-electron chi connectivity index (χ1n) is 17.0. The van der Waals surface area contributed by atoms with Crippen molar-refractivity contribution in [2.45, 2.75) is 13.2 Å². The molecule has 8 aromatic rings. The Morgan fingerprint density at radius 3 is 1.87 bits per heavy atom. The smallest absolute Gasteiger partial charge is 0.488 e. The predicted octanol–water partition coefficient (Wildman–Crippen LogP) is 3.38. The quantitative estimate of drug-likeness (QED) is 0.0762. The third-order valence-electron chi connectivity index (χ3n) is 9.63. The summed E-state index contributed by atoms with van der Waals surface area (Å²) in [5.41, 5.74) is 4.89. The van der Waals surface area contributed by atoms with Crippen molar-refractivity contribution in [1.29, 1.82) is 0 Å². The van der Waals surface area contributed by atoms with E-state index in [-0.39, 0.29) is 12.2 Å². The van der Waals surface area contributed by atoms with Crippen molar-refractivity contribution < 1.29 is 44.1 Å². The molecular weight excluding hydrogens is 668 g/mol. The van der Waals surface area contributed by atoms with Gasteiger partial charge < -0.3 is 34.4 Å². The Bertz CT molecular complexity index is 2780. The molecule has 0 amide bonds. The van der Waals surface area contributed by atoms with Gasteiger partial charge in [-0.25, -0.2) is 9.79 Å². The SMILES string of the molecule is O=C(O)c1ccccc1-c1c2ccc3cc(OCc4ccccc4B(O)O)ccc3c2oc2c1ccc1cc(=[NH+]Cc3ccccc3B(O)O)ccc12. The highest BCUT2D eigenvalue weighted by atomic mass is 16.5. The third-order valence-corrected chi connectivity index (χ3v) is 9.63. The molecular formula is C42H32B2NO8+. The molecule has 9 nitrogen and oxygen atoms in total. The highest BCUT2D eigenvalue weighted by Crippen LogP contribution is 2.42. The number of benzene rings is 7. The minimum absolute atomic E-state index is 0.136. The van der Waals surface area contributed by atoms with Gasteiger partial charge in [0.1, 0.15) is 23.5 Å². The summed E-state index contributed by atoms with van der Waals surface area (Å²) in [5, 5.41) is 55.1. The maximum absolute atomic E-state index is 12.5. The van der Waals surface area contributed by atoms with E-state index in [9.17, 15) is 30.0 Å². The summed E-state index contributed by atoms with van der Waals surface area (Å²) >= 11 is 0. The number of aromatic carboxylic acids is 1. The molecule has 6 N–H and O–H groups in total. The molecule has 0 unspecified atom stereocenters. The van der Waals surface area contributed by atoms with Crippen molar-refractivity contribution in [2.75, 3.05) is 0 Å². The fraction of sp³-hybridized carbons (Fsp3) is 0.0476. The number of rotatable bonds is 9. The number of carboxylic acid groups (broad SMARTS) is 1. The van der Waals surface area contributed by atoms with Gasteiger partial charge in [-0.1, -0.05) is 78.9 Å². The Hall–Kier alpha value is -6.23. The molecule has 0 saturated heterocycles. The first-order chi connectivity index (χ1) is 25.8. The second kappa shape index (κ2) is 14.1. The molecule has 0 atom stereocenters. The number of ether oxygens (including phenoxy) is 1. The van der Waals surface area contributed by atoms with Gasteiger partial charge in [-0.05, 0) is 75.3 Å². The lowest BCUT2D eigenvalue weighted by Gasteiger charge is -2.16. The Morgan fingerprint density at radius 1 is 0.623 bits per heavy atom. The molecule has 0 radical (unpaired) electrons. The lowest BCUT2D eigenvalue weighted by molar-refractivity contribution is -0.517. The van der Waals surface area contributed by atoms with Crippen LogP contribution in [0.3, 0.4) is 0 Å². The van der Waals surface area contributed by atoms with E-state index >= 15 is 0 Å². The van der Waals surface area contributed by atoms with Crippen molar-refractivity contribution in [3.63, 3.8) is 0 Å². The van der Waals surface area contributed by atoms with Crippen LogP contribution in [0.1, 0.15) is 21.5 Å². The summed E-state index contributed by atoms with van der Waals surface area (Å²) in [4.78, 5) is 15.9. The predicted molar refractivity (Wildman–Crippen MR) is 206 cm³/mol. The Kier molecular flexibility index (Phi) is 8.99. The van der Waals surface area contributed by atoms with Crippen molar-refractivity contribution in [3.8, 4) is 16.9 Å². The number of hydrogen-bond donors (Lipinski definition) is 6. The molecule has 53 heavy (non-hydrogen) atoms. The van der Waals surface area contributed by atoms with Crippen LogP contribution in [0.4, 0.5) is 0 Å². The number of fused-ring (bicyclic) bond motifs is 6. The average Bonchev–Trinajstić information content (AvgIpc) is 3.18. The van der Waals surface area contributed by atoms with Crippen LogP contribution in [0.5, 0.6) is 5.75 Å². The van der Waals surface area contributed by atoms with E-state index in [4.69, 9.17) is 9.15 Å². The van der Waals surface area contributed by atoms with E-state index in [0.717, 1.165) is 48.8 Å². The topological polar surface area (TPSA) is 155 Å². The van der Waals surface area contributed by atoms with Gasteiger partial charge in [0, 0.05) is 44.8 Å². The molecule has 1 heterocycles. The Balaban J connectivity index is 1.29. The second-order valence-corrected chi connectivity index (χ2v) is 12.8. The van der Waals surface area contributed by atoms with Crippen LogP contribution in [0, 0.1) is 0 Å². The summed E-state index contributed by atoms with van der Waals surface area (Å²) in [5.74, 6) is -0.453. The molecule has 0 spiro atoms. The highest BCUT2D eigenvalue weighted by molar-refractivity contribution is 6.59. The van der Waals surface area contributed by atoms with Crippen molar-refractivity contribution >= 4 is 74.6 Å². The molecule has 0 bridgehead atoms. The van der Waals surface area contributed by atoms with E-state index < -0.39 is 20.2 Å². The Labute approximate surface area is 303 Å². The van der Waals surface area contributed by atoms with Crippen molar-refractivity contribution in [3.05, 3.63) is 156 Å². The maximum atomic E-state index is 12.5. The highest BCUT2D eigenvalue weighted by Gasteiger charge is 2.21. The summed E-state index contributed by atoms with van der Waals surface area (Å²) in [6, 6.07) is 40.5. The molecule has 0 aliphatic rings. The molecule has 7 aromatic carbocycles. The summed E-state index contributed by atoms with van der Waals surface area (Å²) in [6.45, 7) is 0.516. The van der Waals surface area contributed by atoms with Crippen molar-refractivity contribution in [1.82, 2.24) is 0 Å². The van der Waals surface area contributed by atoms with Crippen LogP contribution in [0.25, 0.3) is 54.6 Å². The minimum atomic E-state index is -1.61. The summed E-state index contributed by atoms with van der Waals surface area (Å²) in [7, 11) is -3.19. The van der Waals surface area contributed by atoms with Crippen LogP contribution in [0.2, 0.25) is 0 Å². The number of carbonyl (C=O) groups is 1. The number of nitrogens with one attached hydrogen (secondary N) is 1. The molecule has 8 rings (SSSR count). The zero-order chi connectivity index (χ0) is 36.6. The molecule has 0 saturated carbocycles. The Morgan fingerprint density at radius 2 is 1.19 bits per heavy atom. The molecule has 1 aromatic heterocycles. The van der Waals surface area contributed by atoms with Gasteiger partial charge in [-0.3, -0.25) is 0 Å². The van der Waals surface area contributed by atoms with Crippen LogP contribution >= 0.6 is 0 Å². The van der Waals surface area contributed by atoms with Gasteiger partial charge in [0.25, 0.3) is 0 Å². The lowest BCUT2D eigenvalue weighted by atomic mass is 9.77. The van der Waals surface area contributed by atoms with Gasteiger partial charge in [0.15, 0.2) is 11.9 Å². The number of hydrogen-bond acceptors (Lipinski definition) is 7. The average molecular weight is 700 g/mol. The maximum Gasteiger partial charge on any atom is 0.488 e. The zero-order valence-corrected chi connectivity index (χ0v) is 28.2. The fourth-order valence-corrected chi connectivity index (χ4v) is 7.04. The fourth-order valence-electron chi connectivity index (χ4n) is 7.04. The molecule has 11 heteroatoms. The van der Waals surface area contributed by atoms with Crippen molar-refractivity contribution in [2.24, 2.45) is 0 Å². The first kappa shape index (κ1) is 33.9. The van der Waals surface area contributed by atoms with Crippen LogP contribution < -0.4 is 26.0 Å².